The predicted molar refractivity (Wildman–Crippen MR) is 76.5 cm³/mol. The van der Waals surface area contributed by atoms with Crippen LogP contribution >= 0.6 is 11.6 Å². The summed E-state index contributed by atoms with van der Waals surface area (Å²) in [5, 5.41) is 0. The van der Waals surface area contributed by atoms with E-state index < -0.39 is 0 Å². The molecule has 0 aromatic heterocycles. The first-order valence-electron chi connectivity index (χ1n) is 6.69. The summed E-state index contributed by atoms with van der Waals surface area (Å²) >= 11 is 5.80. The quantitative estimate of drug-likeness (QED) is 0.794. The Kier molecular flexibility index (Phi) is 5.23. The molecule has 4 heteroatoms. The van der Waals surface area contributed by atoms with Gasteiger partial charge in [-0.3, -0.25) is 4.79 Å². The van der Waals surface area contributed by atoms with Gasteiger partial charge in [-0.25, -0.2) is 0 Å². The van der Waals surface area contributed by atoms with Crippen LogP contribution in [0.3, 0.4) is 0 Å². The fourth-order valence-corrected chi connectivity index (χ4v) is 2.60. The minimum atomic E-state index is 0.0533. The summed E-state index contributed by atoms with van der Waals surface area (Å²) in [6.45, 7) is 2.37. The molecule has 0 bridgehead atoms. The Hall–Kier alpha value is -1.06. The molecule has 0 N–H and O–H groups in total. The largest absolute Gasteiger partial charge is 0.381 e. The number of nitrogens with zero attached hydrogens (tertiary/aromatic N) is 1. The fraction of sp³-hybridized carbons (Fsp3) is 0.533. The van der Waals surface area contributed by atoms with Crippen molar-refractivity contribution in [2.45, 2.75) is 18.7 Å². The van der Waals surface area contributed by atoms with Crippen molar-refractivity contribution in [2.24, 2.45) is 5.92 Å². The van der Waals surface area contributed by atoms with Crippen LogP contribution in [-0.4, -0.2) is 37.6 Å². The second-order valence-corrected chi connectivity index (χ2v) is 5.37. The molecule has 3 nitrogen and oxygen atoms in total. The SMILES string of the molecule is CN(CC1CCCOC1)C(=O)c1cccc(CCl)c1. The molecular weight excluding hydrogens is 262 g/mol. The maximum atomic E-state index is 12.3. The van der Waals surface area contributed by atoms with Gasteiger partial charge in [-0.05, 0) is 36.5 Å². The van der Waals surface area contributed by atoms with Crippen molar-refractivity contribution < 1.29 is 9.53 Å². The first kappa shape index (κ1) is 14.4. The van der Waals surface area contributed by atoms with Crippen LogP contribution in [0.1, 0.15) is 28.8 Å². The number of rotatable bonds is 4. The molecule has 1 amide bonds. The van der Waals surface area contributed by atoms with E-state index in [1.807, 2.05) is 31.3 Å². The van der Waals surface area contributed by atoms with Crippen LogP contribution in [0.15, 0.2) is 24.3 Å². The van der Waals surface area contributed by atoms with Gasteiger partial charge in [-0.1, -0.05) is 12.1 Å². The standard InChI is InChI=1S/C15H20ClNO2/c1-17(10-13-5-3-7-19-11-13)15(18)14-6-2-4-12(8-14)9-16/h2,4,6,8,13H,3,5,7,9-11H2,1H3. The molecule has 2 rings (SSSR count). The molecule has 1 aliphatic rings. The van der Waals surface area contributed by atoms with E-state index in [-0.39, 0.29) is 5.91 Å². The number of ether oxygens (including phenoxy) is 1. The summed E-state index contributed by atoms with van der Waals surface area (Å²) in [7, 11) is 1.85. The van der Waals surface area contributed by atoms with Gasteiger partial charge >= 0.3 is 0 Å². The van der Waals surface area contributed by atoms with E-state index in [2.05, 4.69) is 0 Å². The van der Waals surface area contributed by atoms with E-state index in [4.69, 9.17) is 16.3 Å². The number of carbonyl (C=O) groups excluding carboxylic acids is 1. The summed E-state index contributed by atoms with van der Waals surface area (Å²) in [6.07, 6.45) is 2.23. The van der Waals surface area contributed by atoms with Gasteiger partial charge in [-0.15, -0.1) is 11.6 Å². The second kappa shape index (κ2) is 6.92. The highest BCUT2D eigenvalue weighted by Gasteiger charge is 2.19. The maximum Gasteiger partial charge on any atom is 0.253 e. The van der Waals surface area contributed by atoms with Crippen molar-refractivity contribution >= 4 is 17.5 Å². The first-order valence-corrected chi connectivity index (χ1v) is 7.22. The van der Waals surface area contributed by atoms with Crippen LogP contribution in [-0.2, 0) is 10.6 Å². The maximum absolute atomic E-state index is 12.3. The third-order valence-electron chi connectivity index (χ3n) is 3.46. The number of alkyl halides is 1. The predicted octanol–water partition coefficient (Wildman–Crippen LogP) is 2.92. The number of hydrogen-bond donors (Lipinski definition) is 0. The average Bonchev–Trinajstić information content (AvgIpc) is 2.47. The highest BCUT2D eigenvalue weighted by molar-refractivity contribution is 6.17. The zero-order valence-corrected chi connectivity index (χ0v) is 12.0. The molecule has 1 fully saturated rings. The normalized spacial score (nSPS) is 19.2. The smallest absolute Gasteiger partial charge is 0.253 e. The van der Waals surface area contributed by atoms with E-state index >= 15 is 0 Å². The molecule has 1 unspecified atom stereocenters. The molecule has 0 spiro atoms. The fourth-order valence-electron chi connectivity index (χ4n) is 2.43. The van der Waals surface area contributed by atoms with Gasteiger partial charge in [0.15, 0.2) is 0 Å². The number of halogens is 1. The molecule has 1 atom stereocenters. The lowest BCUT2D eigenvalue weighted by Gasteiger charge is -2.27. The minimum Gasteiger partial charge on any atom is -0.381 e. The van der Waals surface area contributed by atoms with Crippen molar-refractivity contribution in [3.8, 4) is 0 Å². The Balaban J connectivity index is 1.97. The topological polar surface area (TPSA) is 29.5 Å². The molecule has 1 aliphatic heterocycles. The molecule has 0 radical (unpaired) electrons. The van der Waals surface area contributed by atoms with Gasteiger partial charge in [0, 0.05) is 31.6 Å². The zero-order chi connectivity index (χ0) is 13.7. The molecule has 0 saturated carbocycles. The van der Waals surface area contributed by atoms with Crippen LogP contribution in [0.2, 0.25) is 0 Å². The third-order valence-corrected chi connectivity index (χ3v) is 3.77. The summed E-state index contributed by atoms with van der Waals surface area (Å²) in [5.74, 6) is 0.942. The molecule has 104 valence electrons. The lowest BCUT2D eigenvalue weighted by atomic mass is 10.0. The van der Waals surface area contributed by atoms with Gasteiger partial charge < -0.3 is 9.64 Å². The van der Waals surface area contributed by atoms with Crippen LogP contribution in [0.5, 0.6) is 0 Å². The van der Waals surface area contributed by atoms with E-state index in [1.54, 1.807) is 4.90 Å². The summed E-state index contributed by atoms with van der Waals surface area (Å²) in [6, 6.07) is 7.51. The van der Waals surface area contributed by atoms with E-state index in [0.717, 1.165) is 38.2 Å². The molecule has 19 heavy (non-hydrogen) atoms. The van der Waals surface area contributed by atoms with Crippen LogP contribution in [0.4, 0.5) is 0 Å². The van der Waals surface area contributed by atoms with Gasteiger partial charge in [0.05, 0.1) is 6.61 Å². The monoisotopic (exact) mass is 281 g/mol. The Labute approximate surface area is 119 Å². The summed E-state index contributed by atoms with van der Waals surface area (Å²) in [4.78, 5) is 14.1. The van der Waals surface area contributed by atoms with E-state index in [0.29, 0.717) is 17.4 Å². The van der Waals surface area contributed by atoms with Crippen LogP contribution < -0.4 is 0 Å². The Morgan fingerprint density at radius 3 is 3.05 bits per heavy atom. The van der Waals surface area contributed by atoms with Crippen molar-refractivity contribution in [2.75, 3.05) is 26.8 Å². The number of carbonyl (C=O) groups is 1. The Morgan fingerprint density at radius 2 is 2.37 bits per heavy atom. The molecule has 0 aliphatic carbocycles. The molecular formula is C15H20ClNO2. The van der Waals surface area contributed by atoms with Gasteiger partial charge in [-0.2, -0.15) is 0 Å². The van der Waals surface area contributed by atoms with E-state index in [1.165, 1.54) is 0 Å². The molecule has 1 saturated heterocycles. The number of hydrogen-bond acceptors (Lipinski definition) is 2. The average molecular weight is 282 g/mol. The highest BCUT2D eigenvalue weighted by atomic mass is 35.5. The number of amides is 1. The lowest BCUT2D eigenvalue weighted by molar-refractivity contribution is 0.0388. The molecule has 1 aromatic rings. The van der Waals surface area contributed by atoms with Crippen LogP contribution in [0, 0.1) is 5.92 Å². The summed E-state index contributed by atoms with van der Waals surface area (Å²) < 4.78 is 5.45. The molecule has 1 heterocycles. The van der Waals surface area contributed by atoms with Gasteiger partial charge in [0.1, 0.15) is 0 Å². The van der Waals surface area contributed by atoms with Crippen molar-refractivity contribution in [3.63, 3.8) is 0 Å². The summed E-state index contributed by atoms with van der Waals surface area (Å²) in [5.41, 5.74) is 1.68. The zero-order valence-electron chi connectivity index (χ0n) is 11.3. The molecule has 1 aromatic carbocycles. The third kappa shape index (κ3) is 3.95. The lowest BCUT2D eigenvalue weighted by Crippen LogP contribution is -2.35. The van der Waals surface area contributed by atoms with E-state index in [9.17, 15) is 4.79 Å². The first-order chi connectivity index (χ1) is 9.20. The van der Waals surface area contributed by atoms with Gasteiger partial charge in [0.25, 0.3) is 5.91 Å². The second-order valence-electron chi connectivity index (χ2n) is 5.10. The Morgan fingerprint density at radius 1 is 1.53 bits per heavy atom. The highest BCUT2D eigenvalue weighted by Crippen LogP contribution is 2.16. The van der Waals surface area contributed by atoms with Crippen LogP contribution in [0.25, 0.3) is 0 Å². The number of benzene rings is 1. The van der Waals surface area contributed by atoms with Gasteiger partial charge in [0.2, 0.25) is 0 Å². The minimum absolute atomic E-state index is 0.0533. The Bertz CT molecular complexity index is 430. The van der Waals surface area contributed by atoms with Crippen molar-refractivity contribution in [3.05, 3.63) is 35.4 Å². The van der Waals surface area contributed by atoms with Crippen molar-refractivity contribution in [1.29, 1.82) is 0 Å². The van der Waals surface area contributed by atoms with Crippen molar-refractivity contribution in [1.82, 2.24) is 4.90 Å².